The monoisotopic (exact) mass is 500 g/mol. The van der Waals surface area contributed by atoms with Crippen LogP contribution in [0.15, 0.2) is 22.7 Å². The number of likely N-dealkylation sites (tertiary alicyclic amines) is 1. The number of phenols is 2. The summed E-state index contributed by atoms with van der Waals surface area (Å²) in [6.07, 6.45) is 0.0941. The van der Waals surface area contributed by atoms with Crippen molar-refractivity contribution in [1.82, 2.24) is 15.4 Å². The molecular formula is C19H19ClN3O9S-. The third-order valence-corrected chi connectivity index (χ3v) is 6.95. The topological polar surface area (TPSA) is 193 Å². The maximum absolute atomic E-state index is 12.3. The Bertz CT molecular complexity index is 1150. The summed E-state index contributed by atoms with van der Waals surface area (Å²) in [7, 11) is 0. The van der Waals surface area contributed by atoms with Crippen molar-refractivity contribution in [2.24, 2.45) is 0 Å². The van der Waals surface area contributed by atoms with Gasteiger partial charge >= 0.3 is 5.97 Å². The molecule has 178 valence electrons. The maximum atomic E-state index is 12.3. The third kappa shape index (κ3) is 4.26. The van der Waals surface area contributed by atoms with E-state index in [1.807, 2.05) is 0 Å². The van der Waals surface area contributed by atoms with Gasteiger partial charge in [-0.25, -0.2) is 4.79 Å². The van der Waals surface area contributed by atoms with Crippen LogP contribution in [0.3, 0.4) is 0 Å². The standard InChI is InChI=1S/C19H20ClN3O9S/c1-8-5-13(25)23(8)16(18(28)29)19(2,33(30)31)12-6-9(32-22-12)7-21-17(27)10-3-4-11(24)15(26)14(10)20/h3-4,6,8,16,24,26H,5,7H2,1-2H3,(H,21,27)(H,28,29)(H,30,31)/p-1/t8-,16+,19+/m1/s1. The predicted octanol–water partition coefficient (Wildman–Crippen LogP) is 0.837. The summed E-state index contributed by atoms with van der Waals surface area (Å²) in [6, 6.07) is 1.19. The molecule has 2 aromatic rings. The Hall–Kier alpha value is -3.16. The number of hydrogen-bond acceptors (Lipinski definition) is 9. The van der Waals surface area contributed by atoms with Crippen LogP contribution in [0.1, 0.15) is 42.1 Å². The number of carbonyl (C=O) groups excluding carboxylic acids is 2. The zero-order valence-corrected chi connectivity index (χ0v) is 18.8. The van der Waals surface area contributed by atoms with Crippen molar-refractivity contribution < 1.29 is 43.0 Å². The molecule has 1 aliphatic rings. The second-order valence-electron chi connectivity index (χ2n) is 7.59. The normalized spacial score (nSPS) is 19.3. The highest BCUT2D eigenvalue weighted by Gasteiger charge is 2.53. The van der Waals surface area contributed by atoms with E-state index in [1.165, 1.54) is 6.07 Å². The molecule has 0 spiro atoms. The third-order valence-electron chi connectivity index (χ3n) is 5.44. The van der Waals surface area contributed by atoms with Crippen LogP contribution in [-0.4, -0.2) is 64.0 Å². The van der Waals surface area contributed by atoms with Gasteiger partial charge in [0.2, 0.25) is 5.91 Å². The highest BCUT2D eigenvalue weighted by atomic mass is 35.5. The zero-order chi connectivity index (χ0) is 24.7. The van der Waals surface area contributed by atoms with Gasteiger partial charge in [0.05, 0.1) is 17.1 Å². The summed E-state index contributed by atoms with van der Waals surface area (Å²) in [6.45, 7) is 2.43. The molecule has 4 atom stereocenters. The van der Waals surface area contributed by atoms with E-state index in [0.717, 1.165) is 24.0 Å². The highest BCUT2D eigenvalue weighted by molar-refractivity contribution is 7.80. The van der Waals surface area contributed by atoms with Crippen molar-refractivity contribution in [3.8, 4) is 11.5 Å². The first-order valence-corrected chi connectivity index (χ1v) is 10.9. The minimum absolute atomic E-state index is 0.0127. The largest absolute Gasteiger partial charge is 0.772 e. The fourth-order valence-electron chi connectivity index (χ4n) is 3.55. The molecule has 0 saturated carbocycles. The lowest BCUT2D eigenvalue weighted by atomic mass is 9.89. The minimum atomic E-state index is -3.03. The molecule has 1 fully saturated rings. The molecule has 1 aromatic heterocycles. The first kappa shape index (κ1) is 24.5. The number of benzene rings is 1. The van der Waals surface area contributed by atoms with Crippen molar-refractivity contribution >= 4 is 40.5 Å². The van der Waals surface area contributed by atoms with Crippen LogP contribution >= 0.6 is 11.6 Å². The Labute approximate surface area is 194 Å². The molecule has 1 unspecified atom stereocenters. The van der Waals surface area contributed by atoms with Crippen LogP contribution in [0, 0.1) is 0 Å². The summed E-state index contributed by atoms with van der Waals surface area (Å²) >= 11 is 2.82. The smallest absolute Gasteiger partial charge is 0.328 e. The van der Waals surface area contributed by atoms with E-state index < -0.39 is 57.2 Å². The molecule has 33 heavy (non-hydrogen) atoms. The van der Waals surface area contributed by atoms with E-state index in [9.17, 15) is 38.5 Å². The van der Waals surface area contributed by atoms with Gasteiger partial charge in [-0.05, 0) is 37.1 Å². The molecule has 0 bridgehead atoms. The lowest BCUT2D eigenvalue weighted by Crippen LogP contribution is -2.65. The van der Waals surface area contributed by atoms with Crippen molar-refractivity contribution in [2.45, 2.75) is 43.6 Å². The van der Waals surface area contributed by atoms with Gasteiger partial charge in [-0.2, -0.15) is 0 Å². The van der Waals surface area contributed by atoms with Crippen molar-refractivity contribution in [3.05, 3.63) is 40.2 Å². The molecular weight excluding hydrogens is 482 g/mol. The Morgan fingerprint density at radius 1 is 1.45 bits per heavy atom. The number of amides is 2. The van der Waals surface area contributed by atoms with Gasteiger partial charge in [-0.1, -0.05) is 16.8 Å². The van der Waals surface area contributed by atoms with E-state index in [-0.39, 0.29) is 35.0 Å². The minimum Gasteiger partial charge on any atom is -0.772 e. The Balaban J connectivity index is 1.84. The second kappa shape index (κ2) is 9.00. The first-order valence-electron chi connectivity index (χ1n) is 9.47. The molecule has 2 heterocycles. The van der Waals surface area contributed by atoms with Crippen molar-refractivity contribution in [1.29, 1.82) is 0 Å². The number of aromatic hydroxyl groups is 2. The summed E-state index contributed by atoms with van der Waals surface area (Å²) in [5.74, 6) is -3.97. The number of rotatable bonds is 8. The van der Waals surface area contributed by atoms with E-state index >= 15 is 0 Å². The number of nitrogens with zero attached hydrogens (tertiary/aromatic N) is 2. The molecule has 14 heteroatoms. The Morgan fingerprint density at radius 3 is 2.67 bits per heavy atom. The van der Waals surface area contributed by atoms with Gasteiger partial charge in [0.25, 0.3) is 5.91 Å². The Kier molecular flexibility index (Phi) is 6.68. The fraction of sp³-hybridized carbons (Fsp3) is 0.368. The first-order chi connectivity index (χ1) is 15.4. The summed E-state index contributed by atoms with van der Waals surface area (Å²) in [5, 5.41) is 34.5. The lowest BCUT2D eigenvalue weighted by Gasteiger charge is -2.48. The molecule has 1 aliphatic heterocycles. The number of nitrogens with one attached hydrogen (secondary N) is 1. The van der Waals surface area contributed by atoms with Crippen LogP contribution in [0.2, 0.25) is 5.02 Å². The number of halogens is 1. The van der Waals surface area contributed by atoms with Crippen LogP contribution in [0.5, 0.6) is 11.5 Å². The van der Waals surface area contributed by atoms with Gasteiger partial charge in [-0.3, -0.25) is 13.8 Å². The van der Waals surface area contributed by atoms with Gasteiger partial charge < -0.3 is 34.6 Å². The molecule has 0 radical (unpaired) electrons. The molecule has 3 rings (SSSR count). The molecule has 0 aliphatic carbocycles. The van der Waals surface area contributed by atoms with Gasteiger partial charge in [0.15, 0.2) is 23.3 Å². The van der Waals surface area contributed by atoms with Crippen LogP contribution in [0.4, 0.5) is 0 Å². The number of hydrogen-bond donors (Lipinski definition) is 4. The summed E-state index contributed by atoms with van der Waals surface area (Å²) < 4.78 is 27.3. The molecule has 12 nitrogen and oxygen atoms in total. The number of β-lactam (4-membered cyclic amide) rings is 1. The quantitative estimate of drug-likeness (QED) is 0.229. The number of phenolic OH excluding ortho intramolecular Hbond substituents is 2. The highest BCUT2D eigenvalue weighted by Crippen LogP contribution is 2.38. The van der Waals surface area contributed by atoms with E-state index in [2.05, 4.69) is 10.5 Å². The number of carbonyl (C=O) groups is 3. The van der Waals surface area contributed by atoms with Gasteiger partial charge in [-0.15, -0.1) is 0 Å². The Morgan fingerprint density at radius 2 is 2.12 bits per heavy atom. The average Bonchev–Trinajstić information content (AvgIpc) is 3.23. The molecule has 1 saturated heterocycles. The molecule has 1 aromatic carbocycles. The number of carboxylic acids is 1. The van der Waals surface area contributed by atoms with Crippen LogP contribution in [0.25, 0.3) is 0 Å². The maximum Gasteiger partial charge on any atom is 0.328 e. The number of carboxylic acid groups (broad SMARTS) is 1. The number of aliphatic carboxylic acids is 1. The second-order valence-corrected chi connectivity index (χ2v) is 9.29. The summed E-state index contributed by atoms with van der Waals surface area (Å²) in [4.78, 5) is 37.3. The molecule has 4 N–H and O–H groups in total. The molecule has 2 amide bonds. The van der Waals surface area contributed by atoms with E-state index in [0.29, 0.717) is 0 Å². The summed E-state index contributed by atoms with van der Waals surface area (Å²) in [5.41, 5.74) is -0.409. The van der Waals surface area contributed by atoms with Crippen LogP contribution in [-0.2, 0) is 32.0 Å². The van der Waals surface area contributed by atoms with Crippen molar-refractivity contribution in [3.63, 3.8) is 0 Å². The SMILES string of the molecule is C[C@@H]1CC(=O)N1[C@@H](C(=O)O)[C@](C)(c1cc(CNC(=O)c2ccc(O)c(O)c2Cl)on1)S(=O)[O-]. The number of aromatic nitrogens is 1. The average molecular weight is 501 g/mol. The zero-order valence-electron chi connectivity index (χ0n) is 17.3. The predicted molar refractivity (Wildman–Crippen MR) is 111 cm³/mol. The van der Waals surface area contributed by atoms with Gasteiger partial charge in [0.1, 0.15) is 10.4 Å². The van der Waals surface area contributed by atoms with Crippen molar-refractivity contribution in [2.75, 3.05) is 0 Å². The fourth-order valence-corrected chi connectivity index (χ4v) is 4.46. The van der Waals surface area contributed by atoms with E-state index in [1.54, 1.807) is 6.92 Å². The van der Waals surface area contributed by atoms with Gasteiger partial charge in [0, 0.05) is 18.5 Å². The van der Waals surface area contributed by atoms with E-state index in [4.69, 9.17) is 16.1 Å². The lowest BCUT2D eigenvalue weighted by molar-refractivity contribution is -0.163. The van der Waals surface area contributed by atoms with Crippen LogP contribution < -0.4 is 5.32 Å².